The number of amides is 2. The maximum atomic E-state index is 13.0. The van der Waals surface area contributed by atoms with Gasteiger partial charge >= 0.3 is 12.0 Å². The van der Waals surface area contributed by atoms with E-state index in [2.05, 4.69) is 10.6 Å². The summed E-state index contributed by atoms with van der Waals surface area (Å²) in [6.45, 7) is 2.13. The highest BCUT2D eigenvalue weighted by Crippen LogP contribution is 2.35. The van der Waals surface area contributed by atoms with E-state index >= 15 is 0 Å². The van der Waals surface area contributed by atoms with Gasteiger partial charge in [-0.25, -0.2) is 9.59 Å². The molecule has 2 amide bonds. The van der Waals surface area contributed by atoms with Crippen molar-refractivity contribution in [2.45, 2.75) is 51.5 Å². The zero-order chi connectivity index (χ0) is 21.0. The van der Waals surface area contributed by atoms with Crippen LogP contribution >= 0.6 is 11.6 Å². The normalized spacial score (nSPS) is 20.1. The van der Waals surface area contributed by atoms with Crippen molar-refractivity contribution in [3.8, 4) is 0 Å². The van der Waals surface area contributed by atoms with E-state index in [1.54, 1.807) is 0 Å². The number of nitro groups is 1. The zero-order valence-electron chi connectivity index (χ0n) is 16.2. The van der Waals surface area contributed by atoms with Crippen LogP contribution in [0.4, 0.5) is 10.5 Å². The minimum Gasteiger partial charge on any atom is -0.462 e. The summed E-state index contributed by atoms with van der Waals surface area (Å²) in [6.07, 6.45) is 5.93. The second kappa shape index (κ2) is 9.26. The van der Waals surface area contributed by atoms with Crippen LogP contribution in [0.1, 0.15) is 57.1 Å². The molecule has 1 aromatic rings. The lowest BCUT2D eigenvalue weighted by molar-refractivity contribution is -0.384. The number of carbonyl (C=O) groups excluding carboxylic acids is 2. The molecule has 1 fully saturated rings. The zero-order valence-corrected chi connectivity index (χ0v) is 17.0. The largest absolute Gasteiger partial charge is 0.462 e. The lowest BCUT2D eigenvalue weighted by Gasteiger charge is -2.30. The quantitative estimate of drug-likeness (QED) is 0.402. The average Bonchev–Trinajstić information content (AvgIpc) is 2.72. The molecule has 2 N–H and O–H groups in total. The number of nitro benzene ring substituents is 1. The fourth-order valence-electron chi connectivity index (χ4n) is 3.86. The van der Waals surface area contributed by atoms with Crippen molar-refractivity contribution in [2.24, 2.45) is 5.92 Å². The van der Waals surface area contributed by atoms with Gasteiger partial charge in [-0.2, -0.15) is 0 Å². The SMILES string of the molecule is CCC1=C(C(=O)OCC2CCCCC2)C(c2cc([N+](=O)[O-])ccc2Cl)NC(=O)N1. The second-order valence-corrected chi connectivity index (χ2v) is 7.75. The summed E-state index contributed by atoms with van der Waals surface area (Å²) in [5.41, 5.74) is 0.761. The Morgan fingerprint density at radius 3 is 2.69 bits per heavy atom. The highest BCUT2D eigenvalue weighted by molar-refractivity contribution is 6.31. The Hall–Kier alpha value is -2.61. The van der Waals surface area contributed by atoms with Crippen molar-refractivity contribution in [1.82, 2.24) is 10.6 Å². The number of rotatable bonds is 6. The van der Waals surface area contributed by atoms with Crippen LogP contribution in [-0.4, -0.2) is 23.5 Å². The average molecular weight is 422 g/mol. The van der Waals surface area contributed by atoms with Crippen molar-refractivity contribution < 1.29 is 19.2 Å². The van der Waals surface area contributed by atoms with Crippen LogP contribution in [0.15, 0.2) is 29.5 Å². The summed E-state index contributed by atoms with van der Waals surface area (Å²) < 4.78 is 5.59. The Labute approximate surface area is 173 Å². The van der Waals surface area contributed by atoms with Gasteiger partial charge in [-0.1, -0.05) is 37.8 Å². The molecule has 1 atom stereocenters. The molecule has 0 saturated heterocycles. The van der Waals surface area contributed by atoms with E-state index in [-0.39, 0.29) is 21.8 Å². The van der Waals surface area contributed by atoms with Crippen LogP contribution in [0, 0.1) is 16.0 Å². The smallest absolute Gasteiger partial charge is 0.338 e. The van der Waals surface area contributed by atoms with Crippen LogP contribution < -0.4 is 10.6 Å². The lowest BCUT2D eigenvalue weighted by atomic mass is 9.90. The van der Waals surface area contributed by atoms with Gasteiger partial charge in [-0.15, -0.1) is 0 Å². The molecular formula is C20H24ClN3O5. The van der Waals surface area contributed by atoms with Crippen molar-refractivity contribution in [2.75, 3.05) is 6.61 Å². The number of nitrogens with zero attached hydrogens (tertiary/aromatic N) is 1. The first kappa shape index (κ1) is 21.1. The molecule has 3 rings (SSSR count). The number of hydrogen-bond acceptors (Lipinski definition) is 5. The topological polar surface area (TPSA) is 111 Å². The van der Waals surface area contributed by atoms with Gasteiger partial charge < -0.3 is 15.4 Å². The third kappa shape index (κ3) is 4.87. The first-order valence-corrected chi connectivity index (χ1v) is 10.2. The van der Waals surface area contributed by atoms with Crippen molar-refractivity contribution in [1.29, 1.82) is 0 Å². The molecule has 1 heterocycles. The number of nitrogens with one attached hydrogen (secondary N) is 2. The summed E-state index contributed by atoms with van der Waals surface area (Å²) in [4.78, 5) is 35.8. The fourth-order valence-corrected chi connectivity index (χ4v) is 4.09. The number of urea groups is 1. The van der Waals surface area contributed by atoms with Crippen LogP contribution in [-0.2, 0) is 9.53 Å². The van der Waals surface area contributed by atoms with Gasteiger partial charge in [0.15, 0.2) is 0 Å². The van der Waals surface area contributed by atoms with Gasteiger partial charge in [0, 0.05) is 28.4 Å². The van der Waals surface area contributed by atoms with Crippen LogP contribution in [0.3, 0.4) is 0 Å². The van der Waals surface area contributed by atoms with Crippen molar-refractivity contribution in [3.63, 3.8) is 0 Å². The maximum absolute atomic E-state index is 13.0. The number of halogens is 1. The molecule has 1 saturated carbocycles. The molecule has 156 valence electrons. The van der Waals surface area contributed by atoms with Gasteiger partial charge in [0.1, 0.15) is 0 Å². The Morgan fingerprint density at radius 2 is 2.03 bits per heavy atom. The molecule has 0 radical (unpaired) electrons. The number of ether oxygens (including phenoxy) is 1. The van der Waals surface area contributed by atoms with Crippen molar-refractivity contribution in [3.05, 3.63) is 50.2 Å². The minimum atomic E-state index is -0.926. The van der Waals surface area contributed by atoms with Crippen LogP contribution in [0.5, 0.6) is 0 Å². The molecule has 0 bridgehead atoms. The Balaban J connectivity index is 1.91. The predicted octanol–water partition coefficient (Wildman–Crippen LogP) is 4.39. The molecule has 1 aromatic carbocycles. The second-order valence-electron chi connectivity index (χ2n) is 7.34. The molecule has 29 heavy (non-hydrogen) atoms. The van der Waals surface area contributed by atoms with Crippen molar-refractivity contribution >= 4 is 29.3 Å². The molecule has 0 spiro atoms. The number of hydrogen-bond donors (Lipinski definition) is 2. The van der Waals surface area contributed by atoms with E-state index in [1.165, 1.54) is 24.6 Å². The van der Waals surface area contributed by atoms with E-state index in [0.29, 0.717) is 24.6 Å². The van der Waals surface area contributed by atoms with Gasteiger partial charge in [0.2, 0.25) is 0 Å². The number of carbonyl (C=O) groups is 2. The van der Waals surface area contributed by atoms with E-state index < -0.39 is 23.0 Å². The highest BCUT2D eigenvalue weighted by atomic mass is 35.5. The van der Waals surface area contributed by atoms with Gasteiger partial charge in [0.05, 0.1) is 23.1 Å². The molecule has 0 aromatic heterocycles. The predicted molar refractivity (Wildman–Crippen MR) is 107 cm³/mol. The summed E-state index contributed by atoms with van der Waals surface area (Å²) in [5.74, 6) is -0.211. The van der Waals surface area contributed by atoms with Gasteiger partial charge in [0.25, 0.3) is 5.69 Å². The molecule has 2 aliphatic rings. The standard InChI is InChI=1S/C20H24ClN3O5/c1-2-16-17(19(25)29-11-12-6-4-3-5-7-12)18(23-20(26)22-16)14-10-13(24(27)28)8-9-15(14)21/h8-10,12,18H,2-7,11H2,1H3,(H2,22,23,26). The summed E-state index contributed by atoms with van der Waals surface area (Å²) >= 11 is 6.27. The van der Waals surface area contributed by atoms with E-state index in [4.69, 9.17) is 16.3 Å². The van der Waals surface area contributed by atoms with Crippen LogP contribution in [0.2, 0.25) is 5.02 Å². The van der Waals surface area contributed by atoms with E-state index in [1.807, 2.05) is 6.92 Å². The third-order valence-corrected chi connectivity index (χ3v) is 5.75. The number of esters is 1. The lowest BCUT2D eigenvalue weighted by Crippen LogP contribution is -2.46. The third-order valence-electron chi connectivity index (χ3n) is 5.40. The first-order valence-electron chi connectivity index (χ1n) is 9.82. The molecule has 1 aliphatic carbocycles. The monoisotopic (exact) mass is 421 g/mol. The first-order chi connectivity index (χ1) is 13.9. The molecule has 9 heteroatoms. The Kier molecular flexibility index (Phi) is 6.74. The molecular weight excluding hydrogens is 398 g/mol. The highest BCUT2D eigenvalue weighted by Gasteiger charge is 2.35. The van der Waals surface area contributed by atoms with E-state index in [9.17, 15) is 19.7 Å². The molecule has 1 aliphatic heterocycles. The Morgan fingerprint density at radius 1 is 1.31 bits per heavy atom. The number of non-ortho nitro benzene ring substituents is 1. The summed E-state index contributed by atoms with van der Waals surface area (Å²) in [6, 6.07) is 2.52. The van der Waals surface area contributed by atoms with E-state index in [0.717, 1.165) is 25.7 Å². The minimum absolute atomic E-state index is 0.176. The summed E-state index contributed by atoms with van der Waals surface area (Å²) in [7, 11) is 0. The van der Waals surface area contributed by atoms with Gasteiger partial charge in [-0.3, -0.25) is 10.1 Å². The molecule has 8 nitrogen and oxygen atoms in total. The Bertz CT molecular complexity index is 849. The van der Waals surface area contributed by atoms with Crippen LogP contribution in [0.25, 0.3) is 0 Å². The number of benzene rings is 1. The van der Waals surface area contributed by atoms with Gasteiger partial charge in [-0.05, 0) is 31.2 Å². The summed E-state index contributed by atoms with van der Waals surface area (Å²) in [5, 5.41) is 16.7. The molecule has 1 unspecified atom stereocenters. The maximum Gasteiger partial charge on any atom is 0.338 e. The number of allylic oxidation sites excluding steroid dienone is 1. The fraction of sp³-hybridized carbons (Fsp3) is 0.500.